The van der Waals surface area contributed by atoms with Crippen LogP contribution in [0, 0.1) is 5.82 Å². The number of imidazole rings is 1. The summed E-state index contributed by atoms with van der Waals surface area (Å²) >= 11 is 6.04. The van der Waals surface area contributed by atoms with Crippen LogP contribution in [0.4, 0.5) is 4.39 Å². The zero-order valence-corrected chi connectivity index (χ0v) is 12.7. The molecule has 2 aromatic rings. The summed E-state index contributed by atoms with van der Waals surface area (Å²) in [4.78, 5) is 7.55. The lowest BCUT2D eigenvalue weighted by atomic mass is 10.1. The number of aromatic amines is 1. The highest BCUT2D eigenvalue weighted by Crippen LogP contribution is 2.27. The van der Waals surface area contributed by atoms with Crippen LogP contribution in [0.2, 0.25) is 5.02 Å². The van der Waals surface area contributed by atoms with Crippen molar-refractivity contribution in [3.63, 3.8) is 0 Å². The molecule has 0 atom stereocenters. The Labute approximate surface area is 123 Å². The van der Waals surface area contributed by atoms with Crippen LogP contribution in [0.25, 0.3) is 11.3 Å². The van der Waals surface area contributed by atoms with Crippen molar-refractivity contribution in [1.82, 2.24) is 15.3 Å². The summed E-state index contributed by atoms with van der Waals surface area (Å²) in [5, 5.41) is 3.78. The van der Waals surface area contributed by atoms with E-state index in [-0.39, 0.29) is 11.4 Å². The summed E-state index contributed by atoms with van der Waals surface area (Å²) in [5.74, 6) is 0.546. The van der Waals surface area contributed by atoms with E-state index in [9.17, 15) is 4.39 Å². The first-order valence-electron chi connectivity index (χ1n) is 6.59. The molecule has 1 aromatic heterocycles. The Bertz CT molecular complexity index is 587. The van der Waals surface area contributed by atoms with Crippen LogP contribution in [-0.4, -0.2) is 22.1 Å². The lowest BCUT2D eigenvalue weighted by molar-refractivity contribution is 0.427. The molecule has 2 rings (SSSR count). The van der Waals surface area contributed by atoms with Crippen LogP contribution in [0.5, 0.6) is 0 Å². The van der Waals surface area contributed by atoms with Crippen LogP contribution in [0.1, 0.15) is 26.6 Å². The lowest BCUT2D eigenvalue weighted by Gasteiger charge is -2.19. The Morgan fingerprint density at radius 2 is 2.10 bits per heavy atom. The molecule has 0 fully saturated rings. The van der Waals surface area contributed by atoms with E-state index in [0.29, 0.717) is 5.02 Å². The number of hydrogen-bond donors (Lipinski definition) is 2. The van der Waals surface area contributed by atoms with Crippen molar-refractivity contribution in [2.24, 2.45) is 0 Å². The molecule has 0 saturated carbocycles. The van der Waals surface area contributed by atoms with Gasteiger partial charge in [0.1, 0.15) is 11.6 Å². The first-order chi connectivity index (χ1) is 9.35. The van der Waals surface area contributed by atoms with E-state index in [4.69, 9.17) is 11.6 Å². The van der Waals surface area contributed by atoms with E-state index in [1.165, 1.54) is 12.1 Å². The highest BCUT2D eigenvalue weighted by molar-refractivity contribution is 6.33. The smallest absolute Gasteiger partial charge is 0.124 e. The molecule has 0 amide bonds. The third-order valence-electron chi connectivity index (χ3n) is 2.87. The fourth-order valence-electron chi connectivity index (χ4n) is 1.89. The Balaban J connectivity index is 2.05. The highest BCUT2D eigenvalue weighted by Gasteiger charge is 2.10. The van der Waals surface area contributed by atoms with Gasteiger partial charge in [-0.25, -0.2) is 9.37 Å². The molecule has 0 aliphatic carbocycles. The Morgan fingerprint density at radius 3 is 2.75 bits per heavy atom. The number of halogens is 2. The molecular weight excluding hydrogens is 277 g/mol. The molecule has 3 nitrogen and oxygen atoms in total. The van der Waals surface area contributed by atoms with Gasteiger partial charge in [-0.15, -0.1) is 0 Å². The van der Waals surface area contributed by atoms with Crippen LogP contribution >= 0.6 is 11.6 Å². The third-order valence-corrected chi connectivity index (χ3v) is 3.18. The van der Waals surface area contributed by atoms with Crippen LogP contribution in [0.3, 0.4) is 0 Å². The summed E-state index contributed by atoms with van der Waals surface area (Å²) in [6.45, 7) is 7.21. The van der Waals surface area contributed by atoms with Crippen molar-refractivity contribution in [3.05, 3.63) is 41.1 Å². The summed E-state index contributed by atoms with van der Waals surface area (Å²) in [5.41, 5.74) is 1.66. The van der Waals surface area contributed by atoms with E-state index in [2.05, 4.69) is 36.1 Å². The van der Waals surface area contributed by atoms with E-state index in [0.717, 1.165) is 30.0 Å². The molecule has 0 aliphatic rings. The first-order valence-corrected chi connectivity index (χ1v) is 6.97. The van der Waals surface area contributed by atoms with Gasteiger partial charge in [-0.3, -0.25) is 0 Å². The molecule has 20 heavy (non-hydrogen) atoms. The molecule has 0 radical (unpaired) electrons. The van der Waals surface area contributed by atoms with Gasteiger partial charge in [0.15, 0.2) is 0 Å². The van der Waals surface area contributed by atoms with Gasteiger partial charge >= 0.3 is 0 Å². The second-order valence-electron chi connectivity index (χ2n) is 5.79. The highest BCUT2D eigenvalue weighted by atomic mass is 35.5. The van der Waals surface area contributed by atoms with E-state index in [1.54, 1.807) is 12.3 Å². The largest absolute Gasteiger partial charge is 0.342 e. The molecule has 0 spiro atoms. The first kappa shape index (κ1) is 15.0. The maximum absolute atomic E-state index is 13.0. The maximum atomic E-state index is 13.0. The van der Waals surface area contributed by atoms with Gasteiger partial charge < -0.3 is 10.3 Å². The van der Waals surface area contributed by atoms with Crippen molar-refractivity contribution < 1.29 is 4.39 Å². The molecule has 1 heterocycles. The number of aromatic nitrogens is 2. The number of nitrogens with one attached hydrogen (secondary N) is 2. The summed E-state index contributed by atoms with van der Waals surface area (Å²) < 4.78 is 13.0. The van der Waals surface area contributed by atoms with Gasteiger partial charge in [-0.05, 0) is 39.0 Å². The number of nitrogens with zero attached hydrogens (tertiary/aromatic N) is 1. The summed E-state index contributed by atoms with van der Waals surface area (Å²) in [6.07, 6.45) is 2.53. The molecular formula is C15H19ClFN3. The van der Waals surface area contributed by atoms with Gasteiger partial charge in [0.05, 0.1) is 16.9 Å². The van der Waals surface area contributed by atoms with Crippen LogP contribution in [-0.2, 0) is 6.42 Å². The van der Waals surface area contributed by atoms with Gasteiger partial charge in [-0.2, -0.15) is 0 Å². The minimum atomic E-state index is -0.340. The topological polar surface area (TPSA) is 40.7 Å². The zero-order chi connectivity index (χ0) is 14.8. The van der Waals surface area contributed by atoms with Crippen LogP contribution in [0.15, 0.2) is 24.4 Å². The standard InChI is InChI=1S/C15H19ClFN3/c1-15(2,3)19-7-6-14-18-9-13(20-14)11-5-4-10(17)8-12(11)16/h4-5,8-9,19H,6-7H2,1-3H3,(H,18,20). The maximum Gasteiger partial charge on any atom is 0.124 e. The quantitative estimate of drug-likeness (QED) is 0.901. The van der Waals surface area contributed by atoms with Crippen molar-refractivity contribution in [2.45, 2.75) is 32.7 Å². The number of benzene rings is 1. The minimum Gasteiger partial charge on any atom is -0.342 e. The summed E-state index contributed by atoms with van der Waals surface area (Å²) in [6, 6.07) is 4.35. The molecule has 1 aromatic carbocycles. The van der Waals surface area contributed by atoms with Crippen molar-refractivity contribution in [3.8, 4) is 11.3 Å². The average molecular weight is 296 g/mol. The lowest BCUT2D eigenvalue weighted by Crippen LogP contribution is -2.37. The predicted octanol–water partition coefficient (Wildman–Crippen LogP) is 3.80. The van der Waals surface area contributed by atoms with Crippen molar-refractivity contribution in [1.29, 1.82) is 0 Å². The molecule has 0 unspecified atom stereocenters. The van der Waals surface area contributed by atoms with Crippen molar-refractivity contribution in [2.75, 3.05) is 6.54 Å². The number of hydrogen-bond acceptors (Lipinski definition) is 2. The second kappa shape index (κ2) is 5.94. The zero-order valence-electron chi connectivity index (χ0n) is 11.9. The molecule has 0 bridgehead atoms. The monoisotopic (exact) mass is 295 g/mol. The molecule has 0 aliphatic heterocycles. The Kier molecular flexibility index (Phi) is 4.45. The van der Waals surface area contributed by atoms with Gasteiger partial charge in [-0.1, -0.05) is 11.6 Å². The Hall–Kier alpha value is -1.39. The fraction of sp³-hybridized carbons (Fsp3) is 0.400. The molecule has 5 heteroatoms. The van der Waals surface area contributed by atoms with Gasteiger partial charge in [0.25, 0.3) is 0 Å². The van der Waals surface area contributed by atoms with Gasteiger partial charge in [0.2, 0.25) is 0 Å². The second-order valence-corrected chi connectivity index (χ2v) is 6.20. The number of rotatable bonds is 4. The van der Waals surface area contributed by atoms with Gasteiger partial charge in [0, 0.05) is 24.1 Å². The minimum absolute atomic E-state index is 0.0929. The average Bonchev–Trinajstić information content (AvgIpc) is 2.75. The molecule has 0 saturated heterocycles. The molecule has 108 valence electrons. The van der Waals surface area contributed by atoms with E-state index < -0.39 is 0 Å². The summed E-state index contributed by atoms with van der Waals surface area (Å²) in [7, 11) is 0. The molecule has 2 N–H and O–H groups in total. The normalized spacial score (nSPS) is 11.8. The SMILES string of the molecule is CC(C)(C)NCCc1ncc(-c2ccc(F)cc2Cl)[nH]1. The van der Waals surface area contributed by atoms with Crippen LogP contribution < -0.4 is 5.32 Å². The fourth-order valence-corrected chi connectivity index (χ4v) is 2.16. The van der Waals surface area contributed by atoms with E-state index in [1.807, 2.05) is 0 Å². The Morgan fingerprint density at radius 1 is 1.35 bits per heavy atom. The van der Waals surface area contributed by atoms with Crippen molar-refractivity contribution >= 4 is 11.6 Å². The van der Waals surface area contributed by atoms with E-state index >= 15 is 0 Å². The predicted molar refractivity (Wildman–Crippen MR) is 80.5 cm³/mol. The number of H-pyrrole nitrogens is 1. The third kappa shape index (κ3) is 4.05.